The molecule has 1 aromatic carbocycles. The minimum atomic E-state index is -0.326. The number of halogens is 2. The minimum absolute atomic E-state index is 0.326. The fourth-order valence-electron chi connectivity index (χ4n) is 1.19. The van der Waals surface area contributed by atoms with Crippen molar-refractivity contribution in [3.63, 3.8) is 0 Å². The van der Waals surface area contributed by atoms with E-state index in [0.717, 1.165) is 6.29 Å². The van der Waals surface area contributed by atoms with E-state index >= 15 is 0 Å². The number of benzene rings is 1. The van der Waals surface area contributed by atoms with Gasteiger partial charge in [0, 0.05) is 10.4 Å². The van der Waals surface area contributed by atoms with Crippen molar-refractivity contribution >= 4 is 22.2 Å². The van der Waals surface area contributed by atoms with E-state index < -0.39 is 0 Å². The van der Waals surface area contributed by atoms with Crippen LogP contribution in [0.25, 0.3) is 0 Å². The molecule has 0 N–H and O–H groups in total. The predicted octanol–water partition coefficient (Wildman–Crippen LogP) is 3.28. The molecular formula is C10H10BrFO. The van der Waals surface area contributed by atoms with Crippen LogP contribution in [0.15, 0.2) is 22.7 Å². The molecule has 1 nitrogen and oxygen atoms in total. The van der Waals surface area contributed by atoms with Crippen LogP contribution in [0.1, 0.15) is 24.8 Å². The Hall–Kier alpha value is -0.700. The fraction of sp³-hybridized carbons (Fsp3) is 0.300. The van der Waals surface area contributed by atoms with Gasteiger partial charge >= 0.3 is 0 Å². The van der Waals surface area contributed by atoms with E-state index in [2.05, 4.69) is 15.9 Å². The molecule has 13 heavy (non-hydrogen) atoms. The summed E-state index contributed by atoms with van der Waals surface area (Å²) < 4.78 is 14.0. The molecule has 0 amide bonds. The van der Waals surface area contributed by atoms with E-state index in [1.807, 2.05) is 6.92 Å². The molecule has 0 aliphatic carbocycles. The lowest BCUT2D eigenvalue weighted by Crippen LogP contribution is -2.01. The second-order valence-electron chi connectivity index (χ2n) is 2.82. The van der Waals surface area contributed by atoms with E-state index in [4.69, 9.17) is 0 Å². The van der Waals surface area contributed by atoms with Crippen LogP contribution >= 0.6 is 15.9 Å². The van der Waals surface area contributed by atoms with Crippen LogP contribution in [0.5, 0.6) is 0 Å². The average molecular weight is 245 g/mol. The molecule has 0 spiro atoms. The molecule has 3 heteroatoms. The smallest absolute Gasteiger partial charge is 0.128 e. The van der Waals surface area contributed by atoms with E-state index in [-0.39, 0.29) is 11.7 Å². The van der Waals surface area contributed by atoms with E-state index in [1.165, 1.54) is 6.07 Å². The van der Waals surface area contributed by atoms with Gasteiger partial charge in [-0.05, 0) is 24.1 Å². The first kappa shape index (κ1) is 10.4. The molecule has 1 aromatic rings. The molecule has 0 radical (unpaired) electrons. The second-order valence-corrected chi connectivity index (χ2v) is 3.73. The zero-order valence-electron chi connectivity index (χ0n) is 7.26. The van der Waals surface area contributed by atoms with Gasteiger partial charge in [-0.1, -0.05) is 28.9 Å². The summed E-state index contributed by atoms with van der Waals surface area (Å²) in [5.41, 5.74) is 0.473. The Balaban J connectivity index is 3.06. The Morgan fingerprint density at radius 1 is 1.62 bits per heavy atom. The van der Waals surface area contributed by atoms with Gasteiger partial charge in [0.15, 0.2) is 0 Å². The third kappa shape index (κ3) is 2.37. The van der Waals surface area contributed by atoms with Crippen molar-refractivity contribution in [3.8, 4) is 0 Å². The van der Waals surface area contributed by atoms with E-state index in [1.54, 1.807) is 12.1 Å². The van der Waals surface area contributed by atoms with Gasteiger partial charge in [-0.3, -0.25) is 0 Å². The summed E-state index contributed by atoms with van der Waals surface area (Å²) in [6.07, 6.45) is 1.41. The molecular weight excluding hydrogens is 235 g/mol. The third-order valence-corrected chi connectivity index (χ3v) is 2.46. The van der Waals surface area contributed by atoms with Gasteiger partial charge in [-0.25, -0.2) is 4.39 Å². The van der Waals surface area contributed by atoms with Gasteiger partial charge in [-0.2, -0.15) is 0 Å². The van der Waals surface area contributed by atoms with Crippen LogP contribution in [0.3, 0.4) is 0 Å². The Morgan fingerprint density at radius 2 is 2.31 bits per heavy atom. The lowest BCUT2D eigenvalue weighted by atomic mass is 9.98. The quantitative estimate of drug-likeness (QED) is 0.747. The Labute approximate surface area is 85.1 Å². The largest absolute Gasteiger partial charge is 0.303 e. The first-order valence-corrected chi connectivity index (χ1v) is 4.88. The van der Waals surface area contributed by atoms with Gasteiger partial charge < -0.3 is 4.79 Å². The molecule has 0 fully saturated rings. The maximum Gasteiger partial charge on any atom is 0.128 e. The van der Waals surface area contributed by atoms with Gasteiger partial charge in [0.2, 0.25) is 0 Å². The highest BCUT2D eigenvalue weighted by molar-refractivity contribution is 9.10. The lowest BCUT2D eigenvalue weighted by molar-refractivity contribution is -0.109. The Bertz CT molecular complexity index is 312. The maximum absolute atomic E-state index is 13.3. The third-order valence-electron chi connectivity index (χ3n) is 1.97. The lowest BCUT2D eigenvalue weighted by Gasteiger charge is -2.08. The molecule has 1 atom stereocenters. The van der Waals surface area contributed by atoms with Crippen molar-refractivity contribution in [3.05, 3.63) is 34.1 Å². The monoisotopic (exact) mass is 244 g/mol. The first-order chi connectivity index (χ1) is 6.19. The summed E-state index contributed by atoms with van der Waals surface area (Å²) in [7, 11) is 0. The highest BCUT2D eigenvalue weighted by Crippen LogP contribution is 2.23. The molecule has 1 unspecified atom stereocenters. The summed E-state index contributed by atoms with van der Waals surface area (Å²) in [4.78, 5) is 10.6. The second kappa shape index (κ2) is 4.51. The molecule has 0 heterocycles. The molecule has 70 valence electrons. The summed E-state index contributed by atoms with van der Waals surface area (Å²) in [5, 5.41) is 0. The summed E-state index contributed by atoms with van der Waals surface area (Å²) in [6, 6.07) is 4.76. The summed E-state index contributed by atoms with van der Waals surface area (Å²) in [6.45, 7) is 1.86. The van der Waals surface area contributed by atoms with Crippen LogP contribution in [0.2, 0.25) is 0 Å². The molecule has 0 aliphatic rings. The van der Waals surface area contributed by atoms with Crippen molar-refractivity contribution in [2.45, 2.75) is 19.3 Å². The van der Waals surface area contributed by atoms with Crippen molar-refractivity contribution in [1.29, 1.82) is 0 Å². The molecule has 0 saturated heterocycles. The fourth-order valence-corrected chi connectivity index (χ4v) is 1.52. The summed E-state index contributed by atoms with van der Waals surface area (Å²) >= 11 is 3.16. The minimum Gasteiger partial charge on any atom is -0.303 e. The van der Waals surface area contributed by atoms with Gasteiger partial charge in [0.05, 0.1) is 0 Å². The van der Waals surface area contributed by atoms with E-state index in [0.29, 0.717) is 16.5 Å². The molecule has 0 saturated carbocycles. The molecule has 0 aromatic heterocycles. The number of hydrogen-bond acceptors (Lipinski definition) is 1. The van der Waals surface area contributed by atoms with E-state index in [9.17, 15) is 9.18 Å². The highest BCUT2D eigenvalue weighted by atomic mass is 79.9. The van der Waals surface area contributed by atoms with Crippen molar-refractivity contribution in [1.82, 2.24) is 0 Å². The number of carbonyl (C=O) groups excluding carboxylic acids is 1. The van der Waals surface area contributed by atoms with Gasteiger partial charge in [0.1, 0.15) is 12.1 Å². The zero-order valence-corrected chi connectivity index (χ0v) is 8.84. The molecule has 0 bridgehead atoms. The van der Waals surface area contributed by atoms with Crippen molar-refractivity contribution in [2.24, 2.45) is 0 Å². The maximum atomic E-state index is 13.3. The molecule has 1 rings (SSSR count). The number of rotatable bonds is 3. The number of aldehydes is 1. The summed E-state index contributed by atoms with van der Waals surface area (Å²) in [5.74, 6) is -0.651. The number of carbonyl (C=O) groups is 1. The Kier molecular flexibility index (Phi) is 3.60. The highest BCUT2D eigenvalue weighted by Gasteiger charge is 2.12. The van der Waals surface area contributed by atoms with Gasteiger partial charge in [-0.15, -0.1) is 0 Å². The van der Waals surface area contributed by atoms with Crippen LogP contribution in [0, 0.1) is 5.82 Å². The van der Waals surface area contributed by atoms with Gasteiger partial charge in [0.25, 0.3) is 0 Å². The standard InChI is InChI=1S/C10H10BrFO/c1-2-7(6-13)9-4-3-8(11)5-10(9)12/h3-7H,2H2,1H3. The SMILES string of the molecule is CCC(C=O)c1ccc(Br)cc1F. The number of hydrogen-bond donors (Lipinski definition) is 0. The van der Waals surface area contributed by atoms with Crippen LogP contribution in [-0.4, -0.2) is 6.29 Å². The predicted molar refractivity (Wildman–Crippen MR) is 53.2 cm³/mol. The van der Waals surface area contributed by atoms with Crippen LogP contribution < -0.4 is 0 Å². The van der Waals surface area contributed by atoms with Crippen molar-refractivity contribution < 1.29 is 9.18 Å². The molecule has 0 aliphatic heterocycles. The zero-order chi connectivity index (χ0) is 9.84. The Morgan fingerprint density at radius 3 is 2.77 bits per heavy atom. The topological polar surface area (TPSA) is 17.1 Å². The average Bonchev–Trinajstić information content (AvgIpc) is 2.10. The first-order valence-electron chi connectivity index (χ1n) is 4.09. The normalized spacial score (nSPS) is 12.5. The van der Waals surface area contributed by atoms with Crippen LogP contribution in [0.4, 0.5) is 4.39 Å². The van der Waals surface area contributed by atoms with Crippen LogP contribution in [-0.2, 0) is 4.79 Å². The van der Waals surface area contributed by atoms with Crippen molar-refractivity contribution in [2.75, 3.05) is 0 Å².